The van der Waals surface area contributed by atoms with Crippen LogP contribution in [0.25, 0.3) is 5.65 Å². The normalized spacial score (nSPS) is 14.9. The number of nitrogens with zero attached hydrogens (tertiary/aromatic N) is 3. The predicted octanol–water partition coefficient (Wildman–Crippen LogP) is 4.00. The summed E-state index contributed by atoms with van der Waals surface area (Å²) in [7, 11) is 0. The molecule has 3 heterocycles. The van der Waals surface area contributed by atoms with E-state index in [2.05, 4.69) is 39.5 Å². The average Bonchev–Trinajstić information content (AvgIpc) is 2.97. The van der Waals surface area contributed by atoms with Gasteiger partial charge in [-0.1, -0.05) is 18.9 Å². The number of hydrogen-bond acceptors (Lipinski definition) is 4. The fraction of sp³-hybridized carbons (Fsp3) is 0.364. The first-order valence-corrected chi connectivity index (χ1v) is 9.77. The van der Waals surface area contributed by atoms with Crippen molar-refractivity contribution in [2.75, 3.05) is 23.3 Å². The molecule has 0 radical (unpaired) electrons. The van der Waals surface area contributed by atoms with E-state index in [4.69, 9.17) is 0 Å². The van der Waals surface area contributed by atoms with Gasteiger partial charge in [-0.25, -0.2) is 4.98 Å². The molecule has 5 heteroatoms. The van der Waals surface area contributed by atoms with E-state index in [-0.39, 0.29) is 5.56 Å². The van der Waals surface area contributed by atoms with E-state index in [1.807, 2.05) is 25.3 Å². The van der Waals surface area contributed by atoms with Crippen molar-refractivity contribution in [3.05, 3.63) is 70.3 Å². The van der Waals surface area contributed by atoms with Crippen molar-refractivity contribution in [3.8, 4) is 0 Å². The zero-order valence-electron chi connectivity index (χ0n) is 15.8. The molecular weight excluding hydrogens is 336 g/mol. The molecule has 1 saturated heterocycles. The summed E-state index contributed by atoms with van der Waals surface area (Å²) >= 11 is 0. The highest BCUT2D eigenvalue weighted by Gasteiger charge is 2.09. The molecule has 1 fully saturated rings. The quantitative estimate of drug-likeness (QED) is 0.762. The van der Waals surface area contributed by atoms with Crippen LogP contribution in [0.2, 0.25) is 0 Å². The third-order valence-electron chi connectivity index (χ3n) is 5.17. The Kier molecular flexibility index (Phi) is 5.10. The molecular formula is C22H26N4O. The first-order valence-electron chi connectivity index (χ1n) is 9.77. The minimum atomic E-state index is -0.0444. The Balaban J connectivity index is 1.45. The fourth-order valence-electron chi connectivity index (χ4n) is 3.66. The number of rotatable bonds is 4. The van der Waals surface area contributed by atoms with E-state index in [1.54, 1.807) is 10.5 Å². The average molecular weight is 362 g/mol. The molecule has 1 N–H and O–H groups in total. The van der Waals surface area contributed by atoms with Gasteiger partial charge < -0.3 is 10.2 Å². The van der Waals surface area contributed by atoms with Gasteiger partial charge in [0.25, 0.3) is 5.56 Å². The first kappa shape index (κ1) is 17.6. The van der Waals surface area contributed by atoms with Crippen molar-refractivity contribution in [1.29, 1.82) is 0 Å². The number of nitrogens with one attached hydrogen (secondary N) is 1. The van der Waals surface area contributed by atoms with Crippen molar-refractivity contribution in [1.82, 2.24) is 9.38 Å². The summed E-state index contributed by atoms with van der Waals surface area (Å²) < 4.78 is 1.59. The zero-order valence-corrected chi connectivity index (χ0v) is 15.8. The largest absolute Gasteiger partial charge is 0.379 e. The molecule has 2 aromatic heterocycles. The third kappa shape index (κ3) is 4.13. The number of benzene rings is 1. The number of hydrogen-bond donors (Lipinski definition) is 1. The lowest BCUT2D eigenvalue weighted by Crippen LogP contribution is -2.23. The molecule has 0 atom stereocenters. The van der Waals surface area contributed by atoms with Crippen LogP contribution >= 0.6 is 0 Å². The molecule has 0 unspecified atom stereocenters. The lowest BCUT2D eigenvalue weighted by Gasteiger charge is -2.22. The van der Waals surface area contributed by atoms with E-state index in [0.717, 1.165) is 30.0 Å². The predicted molar refractivity (Wildman–Crippen MR) is 111 cm³/mol. The Bertz CT molecular complexity index is 970. The second-order valence-corrected chi connectivity index (χ2v) is 7.32. The molecule has 0 bridgehead atoms. The van der Waals surface area contributed by atoms with Crippen LogP contribution in [0, 0.1) is 6.92 Å². The number of aryl methyl sites for hydroxylation is 1. The van der Waals surface area contributed by atoms with Gasteiger partial charge in [-0.3, -0.25) is 9.20 Å². The zero-order chi connectivity index (χ0) is 18.6. The summed E-state index contributed by atoms with van der Waals surface area (Å²) in [5.74, 6) is 0. The van der Waals surface area contributed by atoms with E-state index >= 15 is 0 Å². The van der Waals surface area contributed by atoms with Gasteiger partial charge in [-0.05, 0) is 55.7 Å². The Morgan fingerprint density at radius 2 is 1.74 bits per heavy atom. The van der Waals surface area contributed by atoms with E-state index in [0.29, 0.717) is 12.2 Å². The summed E-state index contributed by atoms with van der Waals surface area (Å²) in [5, 5.41) is 3.38. The van der Waals surface area contributed by atoms with Crippen LogP contribution < -0.4 is 15.8 Å². The molecule has 0 spiro atoms. The van der Waals surface area contributed by atoms with E-state index in [9.17, 15) is 4.79 Å². The van der Waals surface area contributed by atoms with Crippen molar-refractivity contribution in [3.63, 3.8) is 0 Å². The highest BCUT2D eigenvalue weighted by Crippen LogP contribution is 2.21. The number of fused-ring (bicyclic) bond motifs is 1. The van der Waals surface area contributed by atoms with Gasteiger partial charge in [0.2, 0.25) is 0 Å². The van der Waals surface area contributed by atoms with Gasteiger partial charge >= 0.3 is 0 Å². The summed E-state index contributed by atoms with van der Waals surface area (Å²) in [6, 6.07) is 14.0. The van der Waals surface area contributed by atoms with Gasteiger partial charge in [0.1, 0.15) is 5.65 Å². The van der Waals surface area contributed by atoms with Gasteiger partial charge in [-0.15, -0.1) is 0 Å². The molecule has 27 heavy (non-hydrogen) atoms. The highest BCUT2D eigenvalue weighted by molar-refractivity contribution is 5.55. The van der Waals surface area contributed by atoms with Crippen molar-refractivity contribution >= 4 is 17.0 Å². The molecule has 1 aliphatic heterocycles. The van der Waals surface area contributed by atoms with Crippen LogP contribution in [0.1, 0.15) is 36.9 Å². The Labute approximate surface area is 159 Å². The fourth-order valence-corrected chi connectivity index (χ4v) is 3.66. The van der Waals surface area contributed by atoms with Gasteiger partial charge in [-0.2, -0.15) is 0 Å². The van der Waals surface area contributed by atoms with Crippen LogP contribution in [0.4, 0.5) is 11.4 Å². The molecule has 5 nitrogen and oxygen atoms in total. The number of pyridine rings is 1. The number of anilines is 2. The maximum Gasteiger partial charge on any atom is 0.258 e. The van der Waals surface area contributed by atoms with Crippen molar-refractivity contribution < 1.29 is 0 Å². The summed E-state index contributed by atoms with van der Waals surface area (Å²) in [4.78, 5) is 19.4. The number of aromatic nitrogens is 2. The van der Waals surface area contributed by atoms with E-state index < -0.39 is 0 Å². The molecule has 0 saturated carbocycles. The standard InChI is InChI=1S/C22H26N4O/c1-17-6-11-21-24-19(14-22(27)26(21)16-17)15-23-18-7-9-20(10-8-18)25-12-4-2-3-5-13-25/h6-11,14,16,23H,2-5,12-13,15H2,1H3. The smallest absolute Gasteiger partial charge is 0.258 e. The lowest BCUT2D eigenvalue weighted by molar-refractivity contribution is 0.726. The van der Waals surface area contributed by atoms with Crippen LogP contribution in [-0.4, -0.2) is 22.5 Å². The second kappa shape index (κ2) is 7.82. The van der Waals surface area contributed by atoms with Gasteiger partial charge in [0.15, 0.2) is 0 Å². The Morgan fingerprint density at radius 1 is 1.00 bits per heavy atom. The van der Waals surface area contributed by atoms with E-state index in [1.165, 1.54) is 31.4 Å². The maximum atomic E-state index is 12.3. The molecule has 3 aromatic rings. The lowest BCUT2D eigenvalue weighted by atomic mass is 10.2. The van der Waals surface area contributed by atoms with Gasteiger partial charge in [0, 0.05) is 36.7 Å². The topological polar surface area (TPSA) is 49.6 Å². The molecule has 140 valence electrons. The highest BCUT2D eigenvalue weighted by atomic mass is 16.1. The summed E-state index contributed by atoms with van der Waals surface area (Å²) in [6.07, 6.45) is 7.07. The second-order valence-electron chi connectivity index (χ2n) is 7.32. The molecule has 0 aliphatic carbocycles. The van der Waals surface area contributed by atoms with Crippen LogP contribution in [-0.2, 0) is 6.54 Å². The van der Waals surface area contributed by atoms with Gasteiger partial charge in [0.05, 0.1) is 12.2 Å². The molecule has 0 amide bonds. The minimum Gasteiger partial charge on any atom is -0.379 e. The van der Waals surface area contributed by atoms with Crippen molar-refractivity contribution in [2.45, 2.75) is 39.2 Å². The summed E-state index contributed by atoms with van der Waals surface area (Å²) in [5.41, 5.74) is 4.76. The SMILES string of the molecule is Cc1ccc2nc(CNc3ccc(N4CCCCCC4)cc3)cc(=O)n2c1. The molecule has 1 aromatic carbocycles. The minimum absolute atomic E-state index is 0.0444. The monoisotopic (exact) mass is 362 g/mol. The van der Waals surface area contributed by atoms with Crippen LogP contribution in [0.3, 0.4) is 0 Å². The van der Waals surface area contributed by atoms with Crippen LogP contribution in [0.15, 0.2) is 53.5 Å². The van der Waals surface area contributed by atoms with Crippen LogP contribution in [0.5, 0.6) is 0 Å². The first-order chi connectivity index (χ1) is 13.2. The molecule has 1 aliphatic rings. The van der Waals surface area contributed by atoms with Crippen molar-refractivity contribution in [2.24, 2.45) is 0 Å². The molecule has 4 rings (SSSR count). The maximum absolute atomic E-state index is 12.3. The Hall–Kier alpha value is -2.82. The summed E-state index contributed by atoms with van der Waals surface area (Å²) in [6.45, 7) is 4.80. The Morgan fingerprint density at radius 3 is 2.48 bits per heavy atom. The third-order valence-corrected chi connectivity index (χ3v) is 5.17.